The number of benzene rings is 1. The molecule has 2 aliphatic carbocycles. The van der Waals surface area contributed by atoms with Crippen molar-refractivity contribution in [2.45, 2.75) is 44.6 Å². The van der Waals surface area contributed by atoms with Gasteiger partial charge in [0.1, 0.15) is 0 Å². The molecule has 1 amide bonds. The molecule has 1 aromatic carbocycles. The lowest BCUT2D eigenvalue weighted by Crippen LogP contribution is -2.49. The first-order valence-electron chi connectivity index (χ1n) is 9.29. The van der Waals surface area contributed by atoms with Crippen molar-refractivity contribution in [2.75, 3.05) is 13.7 Å². The van der Waals surface area contributed by atoms with E-state index in [1.165, 1.54) is 26.4 Å². The third kappa shape index (κ3) is 4.21. The van der Waals surface area contributed by atoms with Gasteiger partial charge in [0.25, 0.3) is 0 Å². The molecule has 5 heteroatoms. The van der Waals surface area contributed by atoms with Crippen LogP contribution in [0.2, 0.25) is 0 Å². The second kappa shape index (κ2) is 8.00. The van der Waals surface area contributed by atoms with Gasteiger partial charge in [-0.25, -0.2) is 4.79 Å². The van der Waals surface area contributed by atoms with Crippen LogP contribution in [-0.2, 0) is 16.0 Å². The Kier molecular flexibility index (Phi) is 5.74. The number of fused-ring (bicyclic) bond motifs is 2. The minimum Gasteiger partial charge on any atom is -0.465 e. The van der Waals surface area contributed by atoms with Crippen molar-refractivity contribution in [1.82, 2.24) is 5.32 Å². The lowest BCUT2D eigenvalue weighted by molar-refractivity contribution is -0.127. The van der Waals surface area contributed by atoms with Crippen LogP contribution < -0.4 is 11.1 Å². The first kappa shape index (κ1) is 17.9. The van der Waals surface area contributed by atoms with Crippen molar-refractivity contribution < 1.29 is 14.3 Å². The first-order valence-corrected chi connectivity index (χ1v) is 9.29. The molecule has 2 bridgehead atoms. The van der Waals surface area contributed by atoms with Crippen molar-refractivity contribution in [2.24, 2.45) is 23.5 Å². The summed E-state index contributed by atoms with van der Waals surface area (Å²) in [5.74, 6) is 0.959. The van der Waals surface area contributed by atoms with Crippen molar-refractivity contribution in [1.29, 1.82) is 0 Å². The number of carbonyl (C=O) groups is 2. The Balaban J connectivity index is 1.49. The van der Waals surface area contributed by atoms with E-state index in [-0.39, 0.29) is 17.8 Å². The van der Waals surface area contributed by atoms with Crippen molar-refractivity contribution >= 4 is 11.9 Å². The molecule has 2 saturated carbocycles. The van der Waals surface area contributed by atoms with E-state index < -0.39 is 0 Å². The molecule has 2 atom stereocenters. The Hall–Kier alpha value is -1.88. The van der Waals surface area contributed by atoms with Crippen LogP contribution in [0.15, 0.2) is 24.3 Å². The lowest BCUT2D eigenvalue weighted by atomic mass is 9.65. The second-order valence-electron chi connectivity index (χ2n) is 7.43. The SMILES string of the molecule is COC(=O)c1cccc(CCNC(=O)C2CC3CCCC(C2)C3N)c1. The van der Waals surface area contributed by atoms with Gasteiger partial charge in [-0.3, -0.25) is 4.79 Å². The lowest BCUT2D eigenvalue weighted by Gasteiger charge is -2.43. The monoisotopic (exact) mass is 344 g/mol. The van der Waals surface area contributed by atoms with Crippen molar-refractivity contribution in [3.63, 3.8) is 0 Å². The maximum absolute atomic E-state index is 12.5. The van der Waals surface area contributed by atoms with E-state index in [1.54, 1.807) is 6.07 Å². The van der Waals surface area contributed by atoms with Gasteiger partial charge in [0.05, 0.1) is 12.7 Å². The van der Waals surface area contributed by atoms with Crippen LogP contribution in [0.5, 0.6) is 0 Å². The Bertz CT molecular complexity index is 617. The molecule has 0 aliphatic heterocycles. The molecule has 2 unspecified atom stereocenters. The van der Waals surface area contributed by atoms with Crippen LogP contribution in [0, 0.1) is 17.8 Å². The van der Waals surface area contributed by atoms with Crippen LogP contribution in [0.4, 0.5) is 0 Å². The highest BCUT2D eigenvalue weighted by atomic mass is 16.5. The molecular formula is C20H28N2O3. The molecule has 3 N–H and O–H groups in total. The molecule has 0 spiro atoms. The van der Waals surface area contributed by atoms with Crippen LogP contribution >= 0.6 is 0 Å². The topological polar surface area (TPSA) is 81.4 Å². The number of carbonyl (C=O) groups excluding carboxylic acids is 2. The summed E-state index contributed by atoms with van der Waals surface area (Å²) in [7, 11) is 1.38. The highest BCUT2D eigenvalue weighted by molar-refractivity contribution is 5.89. The molecular weight excluding hydrogens is 316 g/mol. The number of esters is 1. The summed E-state index contributed by atoms with van der Waals surface area (Å²) >= 11 is 0. The van der Waals surface area contributed by atoms with Crippen LogP contribution in [0.25, 0.3) is 0 Å². The normalized spacial score (nSPS) is 28.2. The number of ether oxygens (including phenoxy) is 1. The molecule has 2 fully saturated rings. The summed E-state index contributed by atoms with van der Waals surface area (Å²) in [6.45, 7) is 0.585. The fraction of sp³-hybridized carbons (Fsp3) is 0.600. The molecule has 0 radical (unpaired) electrons. The Morgan fingerprint density at radius 1 is 1.24 bits per heavy atom. The molecule has 0 aromatic heterocycles. The summed E-state index contributed by atoms with van der Waals surface area (Å²) in [6, 6.07) is 7.65. The summed E-state index contributed by atoms with van der Waals surface area (Å²) in [6.07, 6.45) is 6.16. The number of hydrogen-bond donors (Lipinski definition) is 2. The van der Waals surface area contributed by atoms with Crippen LogP contribution in [0.3, 0.4) is 0 Å². The van der Waals surface area contributed by atoms with Gasteiger partial charge in [0.2, 0.25) is 5.91 Å². The number of rotatable bonds is 5. The zero-order valence-corrected chi connectivity index (χ0v) is 14.9. The van der Waals surface area contributed by atoms with Crippen LogP contribution in [0.1, 0.15) is 48.0 Å². The summed E-state index contributed by atoms with van der Waals surface area (Å²) in [4.78, 5) is 24.1. The van der Waals surface area contributed by atoms with E-state index in [0.717, 1.165) is 18.4 Å². The first-order chi connectivity index (χ1) is 12.1. The number of nitrogens with one attached hydrogen (secondary N) is 1. The predicted molar refractivity (Wildman–Crippen MR) is 96.0 cm³/mol. The summed E-state index contributed by atoms with van der Waals surface area (Å²) < 4.78 is 4.74. The second-order valence-corrected chi connectivity index (χ2v) is 7.43. The Labute approximate surface area is 149 Å². The molecule has 3 rings (SSSR count). The zero-order valence-electron chi connectivity index (χ0n) is 14.9. The minimum atomic E-state index is -0.337. The molecule has 25 heavy (non-hydrogen) atoms. The fourth-order valence-corrected chi connectivity index (χ4v) is 4.45. The van der Waals surface area contributed by atoms with E-state index >= 15 is 0 Å². The highest BCUT2D eigenvalue weighted by Gasteiger charge is 2.40. The molecule has 5 nitrogen and oxygen atoms in total. The van der Waals surface area contributed by atoms with Gasteiger partial charge in [0.15, 0.2) is 0 Å². The van der Waals surface area contributed by atoms with E-state index in [9.17, 15) is 9.59 Å². The van der Waals surface area contributed by atoms with E-state index in [0.29, 0.717) is 36.4 Å². The van der Waals surface area contributed by atoms with Gasteiger partial charge in [0, 0.05) is 18.5 Å². The molecule has 1 aromatic rings. The third-order valence-corrected chi connectivity index (χ3v) is 5.84. The van der Waals surface area contributed by atoms with E-state index in [1.807, 2.05) is 18.2 Å². The van der Waals surface area contributed by atoms with Crippen molar-refractivity contribution in [3.05, 3.63) is 35.4 Å². The quantitative estimate of drug-likeness (QED) is 0.803. The van der Waals surface area contributed by atoms with Gasteiger partial charge in [-0.05, 0) is 61.6 Å². The minimum absolute atomic E-state index is 0.108. The van der Waals surface area contributed by atoms with E-state index in [4.69, 9.17) is 10.5 Å². The fourth-order valence-electron chi connectivity index (χ4n) is 4.45. The zero-order chi connectivity index (χ0) is 17.8. The Morgan fingerprint density at radius 2 is 1.96 bits per heavy atom. The standard InChI is InChI=1S/C20H28N2O3/c1-25-20(24)16-7-2-4-13(10-16)8-9-22-19(23)17-11-14-5-3-6-15(12-17)18(14)21/h2,4,7,10,14-15,17-18H,3,5-6,8-9,11-12,21H2,1H3,(H,22,23). The predicted octanol–water partition coefficient (Wildman–Crippen LogP) is 2.29. The molecule has 0 heterocycles. The Morgan fingerprint density at radius 3 is 2.64 bits per heavy atom. The van der Waals surface area contributed by atoms with Crippen molar-refractivity contribution in [3.8, 4) is 0 Å². The number of amides is 1. The molecule has 0 saturated heterocycles. The average molecular weight is 344 g/mol. The maximum atomic E-state index is 12.5. The number of methoxy groups -OCH3 is 1. The highest BCUT2D eigenvalue weighted by Crippen LogP contribution is 2.41. The molecule has 2 aliphatic rings. The summed E-state index contributed by atoms with van der Waals surface area (Å²) in [5.41, 5.74) is 7.86. The van der Waals surface area contributed by atoms with Gasteiger partial charge >= 0.3 is 5.97 Å². The summed E-state index contributed by atoms with van der Waals surface area (Å²) in [5, 5.41) is 3.07. The van der Waals surface area contributed by atoms with Gasteiger partial charge in [-0.15, -0.1) is 0 Å². The van der Waals surface area contributed by atoms with Gasteiger partial charge in [-0.1, -0.05) is 18.6 Å². The number of nitrogens with two attached hydrogens (primary N) is 1. The van der Waals surface area contributed by atoms with Gasteiger partial charge in [-0.2, -0.15) is 0 Å². The maximum Gasteiger partial charge on any atom is 0.337 e. The van der Waals surface area contributed by atoms with Crippen LogP contribution in [-0.4, -0.2) is 31.6 Å². The molecule has 136 valence electrons. The third-order valence-electron chi connectivity index (χ3n) is 5.84. The van der Waals surface area contributed by atoms with Gasteiger partial charge < -0.3 is 15.8 Å². The van der Waals surface area contributed by atoms with E-state index in [2.05, 4.69) is 5.32 Å². The average Bonchev–Trinajstić information content (AvgIpc) is 2.61. The largest absolute Gasteiger partial charge is 0.465 e. The smallest absolute Gasteiger partial charge is 0.337 e. The number of hydrogen-bond acceptors (Lipinski definition) is 4.